The first-order valence-corrected chi connectivity index (χ1v) is 10.4. The summed E-state index contributed by atoms with van der Waals surface area (Å²) in [5.41, 5.74) is 1.88. The number of carbonyl (C=O) groups is 1. The maximum atomic E-state index is 14.5. The van der Waals surface area contributed by atoms with E-state index in [4.69, 9.17) is 0 Å². The molecule has 1 N–H and O–H groups in total. The fourth-order valence-corrected chi connectivity index (χ4v) is 5.23. The molecule has 9 heteroatoms. The molecule has 0 aliphatic carbocycles. The molecule has 0 saturated carbocycles. The highest BCUT2D eigenvalue weighted by Gasteiger charge is 2.36. The van der Waals surface area contributed by atoms with Crippen LogP contribution >= 0.6 is 27.3 Å². The number of fused-ring (bicyclic) bond motifs is 2. The topological polar surface area (TPSA) is 59.8 Å². The summed E-state index contributed by atoms with van der Waals surface area (Å²) in [4.78, 5) is 17.0. The van der Waals surface area contributed by atoms with Gasteiger partial charge in [0.15, 0.2) is 0 Å². The molecule has 0 spiro atoms. The van der Waals surface area contributed by atoms with Gasteiger partial charge in [-0.2, -0.15) is 9.78 Å². The molecule has 0 unspecified atom stereocenters. The third kappa shape index (κ3) is 2.96. The van der Waals surface area contributed by atoms with Crippen molar-refractivity contribution >= 4 is 49.2 Å². The molecule has 2 aromatic carbocycles. The number of carbonyl (C=O) groups excluding carboxylic acids is 1. The number of halogens is 3. The van der Waals surface area contributed by atoms with E-state index in [0.717, 1.165) is 14.7 Å². The predicted molar refractivity (Wildman–Crippen MR) is 111 cm³/mol. The van der Waals surface area contributed by atoms with E-state index in [0.29, 0.717) is 22.2 Å². The summed E-state index contributed by atoms with van der Waals surface area (Å²) >= 11 is 4.86. The number of thiazole rings is 1. The molecular weight excluding hydrogens is 462 g/mol. The molecule has 29 heavy (non-hydrogen) atoms. The minimum Gasteiger partial charge on any atom is -0.310 e. The number of rotatable bonds is 2. The number of nitrogens with one attached hydrogen (secondary N) is 1. The molecular formula is C20H13BrF2N4OS. The van der Waals surface area contributed by atoms with Gasteiger partial charge < -0.3 is 5.32 Å². The fourth-order valence-electron chi connectivity index (χ4n) is 3.75. The van der Waals surface area contributed by atoms with E-state index >= 15 is 0 Å². The second-order valence-electron chi connectivity index (χ2n) is 6.81. The Hall–Kier alpha value is -2.65. The smallest absolute Gasteiger partial charge is 0.226 e. The van der Waals surface area contributed by atoms with Gasteiger partial charge in [0, 0.05) is 27.9 Å². The highest BCUT2D eigenvalue weighted by atomic mass is 79.9. The van der Waals surface area contributed by atoms with Gasteiger partial charge in [-0.25, -0.2) is 13.8 Å². The maximum absolute atomic E-state index is 14.5. The van der Waals surface area contributed by atoms with Crippen LogP contribution in [0.3, 0.4) is 0 Å². The summed E-state index contributed by atoms with van der Waals surface area (Å²) in [6, 6.07) is 9.46. The minimum absolute atomic E-state index is 0.0514. The zero-order valence-electron chi connectivity index (χ0n) is 15.0. The molecule has 0 saturated heterocycles. The molecule has 0 bridgehead atoms. The molecule has 0 fully saturated rings. The van der Waals surface area contributed by atoms with Crippen LogP contribution in [0.5, 0.6) is 0 Å². The van der Waals surface area contributed by atoms with Crippen molar-refractivity contribution in [1.29, 1.82) is 0 Å². The van der Waals surface area contributed by atoms with Crippen LogP contribution in [0.15, 0.2) is 40.9 Å². The van der Waals surface area contributed by atoms with Crippen molar-refractivity contribution in [3.05, 3.63) is 69.3 Å². The van der Waals surface area contributed by atoms with Crippen LogP contribution in [0.4, 0.5) is 14.6 Å². The standard InChI is InChI=1S/C20H13BrF2N4OS/c1-9-17-11(18-12(22)3-2-4-13(18)23)8-16(28)25-19(17)27(26-9)20-24-14-6-5-10(21)7-15(14)29-20/h2-7,11H,8H2,1H3,(H,25,28)/t11-/m1/s1. The van der Waals surface area contributed by atoms with Crippen molar-refractivity contribution in [2.45, 2.75) is 19.3 Å². The largest absolute Gasteiger partial charge is 0.310 e. The van der Waals surface area contributed by atoms with Crippen LogP contribution in [0, 0.1) is 18.6 Å². The van der Waals surface area contributed by atoms with E-state index in [1.807, 2.05) is 18.2 Å². The van der Waals surface area contributed by atoms with Gasteiger partial charge in [0.1, 0.15) is 17.5 Å². The summed E-state index contributed by atoms with van der Waals surface area (Å²) in [7, 11) is 0. The summed E-state index contributed by atoms with van der Waals surface area (Å²) in [5, 5.41) is 7.93. The lowest BCUT2D eigenvalue weighted by atomic mass is 9.85. The molecule has 4 aromatic rings. The van der Waals surface area contributed by atoms with E-state index in [-0.39, 0.29) is 17.9 Å². The van der Waals surface area contributed by atoms with Crippen molar-refractivity contribution in [3.63, 3.8) is 0 Å². The van der Waals surface area contributed by atoms with E-state index in [9.17, 15) is 13.6 Å². The lowest BCUT2D eigenvalue weighted by Gasteiger charge is -2.24. The number of anilines is 1. The van der Waals surface area contributed by atoms with Gasteiger partial charge in [-0.1, -0.05) is 33.3 Å². The molecule has 1 atom stereocenters. The zero-order valence-corrected chi connectivity index (χ0v) is 17.4. The van der Waals surface area contributed by atoms with Gasteiger partial charge in [0.25, 0.3) is 0 Å². The Labute approximate surface area is 176 Å². The lowest BCUT2D eigenvalue weighted by molar-refractivity contribution is -0.116. The fraction of sp³-hybridized carbons (Fsp3) is 0.150. The van der Waals surface area contributed by atoms with Gasteiger partial charge >= 0.3 is 0 Å². The second-order valence-corrected chi connectivity index (χ2v) is 8.73. The average Bonchev–Trinajstić information content (AvgIpc) is 3.22. The third-order valence-electron chi connectivity index (χ3n) is 4.97. The van der Waals surface area contributed by atoms with Gasteiger partial charge in [0.2, 0.25) is 11.0 Å². The third-order valence-corrected chi connectivity index (χ3v) is 6.46. The second kappa shape index (κ2) is 6.70. The number of amides is 1. The number of hydrogen-bond donors (Lipinski definition) is 1. The first kappa shape index (κ1) is 18.4. The Morgan fingerprint density at radius 3 is 2.72 bits per heavy atom. The number of hydrogen-bond acceptors (Lipinski definition) is 4. The SMILES string of the molecule is Cc1nn(-c2nc3ccc(Br)cc3s2)c2c1[C@H](c1c(F)cccc1F)CC(=O)N2. The Morgan fingerprint density at radius 1 is 1.21 bits per heavy atom. The summed E-state index contributed by atoms with van der Waals surface area (Å²) in [6.45, 7) is 1.77. The molecule has 1 aliphatic rings. The number of nitrogens with zero attached hydrogens (tertiary/aromatic N) is 3. The van der Waals surface area contributed by atoms with E-state index < -0.39 is 17.6 Å². The van der Waals surface area contributed by atoms with E-state index in [1.54, 1.807) is 11.6 Å². The minimum atomic E-state index is -0.753. The first-order valence-electron chi connectivity index (χ1n) is 8.82. The van der Waals surface area contributed by atoms with Crippen LogP contribution in [0.25, 0.3) is 15.3 Å². The Kier molecular flexibility index (Phi) is 4.25. The Balaban J connectivity index is 1.71. The molecule has 5 rings (SSSR count). The Morgan fingerprint density at radius 2 is 1.97 bits per heavy atom. The Bertz CT molecular complexity index is 1280. The van der Waals surface area contributed by atoms with Crippen molar-refractivity contribution in [2.75, 3.05) is 5.32 Å². The van der Waals surface area contributed by atoms with E-state index in [1.165, 1.54) is 29.5 Å². The molecule has 3 heterocycles. The zero-order chi connectivity index (χ0) is 20.3. The van der Waals surface area contributed by atoms with Gasteiger partial charge in [-0.05, 0) is 37.3 Å². The summed E-state index contributed by atoms with van der Waals surface area (Å²) in [5.74, 6) is -2.02. The van der Waals surface area contributed by atoms with Gasteiger partial charge in [0.05, 0.1) is 15.9 Å². The van der Waals surface area contributed by atoms with Crippen molar-refractivity contribution in [2.24, 2.45) is 0 Å². The van der Waals surface area contributed by atoms with Crippen molar-refractivity contribution < 1.29 is 13.6 Å². The number of aryl methyl sites for hydroxylation is 1. The molecule has 1 amide bonds. The normalized spacial score (nSPS) is 16.1. The quantitative estimate of drug-likeness (QED) is 0.428. The molecule has 2 aromatic heterocycles. The summed E-state index contributed by atoms with van der Waals surface area (Å²) in [6.07, 6.45) is -0.0514. The molecule has 1 aliphatic heterocycles. The van der Waals surface area contributed by atoms with Crippen molar-refractivity contribution in [3.8, 4) is 5.13 Å². The highest BCUT2D eigenvalue weighted by Crippen LogP contribution is 2.42. The monoisotopic (exact) mass is 474 g/mol. The van der Waals surface area contributed by atoms with Crippen LogP contribution in [-0.4, -0.2) is 20.7 Å². The van der Waals surface area contributed by atoms with Gasteiger partial charge in [-0.3, -0.25) is 4.79 Å². The van der Waals surface area contributed by atoms with Crippen LogP contribution in [0.1, 0.15) is 29.2 Å². The van der Waals surface area contributed by atoms with Crippen LogP contribution in [-0.2, 0) is 4.79 Å². The maximum Gasteiger partial charge on any atom is 0.226 e. The van der Waals surface area contributed by atoms with Crippen LogP contribution in [0.2, 0.25) is 0 Å². The van der Waals surface area contributed by atoms with Gasteiger partial charge in [-0.15, -0.1) is 0 Å². The van der Waals surface area contributed by atoms with E-state index in [2.05, 4.69) is 31.3 Å². The van der Waals surface area contributed by atoms with Crippen molar-refractivity contribution in [1.82, 2.24) is 14.8 Å². The number of aromatic nitrogens is 3. The summed E-state index contributed by atoms with van der Waals surface area (Å²) < 4.78 is 32.4. The number of benzene rings is 2. The first-order chi connectivity index (χ1) is 13.9. The molecule has 5 nitrogen and oxygen atoms in total. The average molecular weight is 475 g/mol. The predicted octanol–water partition coefficient (Wildman–Crippen LogP) is 5.31. The van der Waals surface area contributed by atoms with Crippen LogP contribution < -0.4 is 5.32 Å². The lowest BCUT2D eigenvalue weighted by Crippen LogP contribution is -2.26. The highest BCUT2D eigenvalue weighted by molar-refractivity contribution is 9.10. The molecule has 0 radical (unpaired) electrons. The molecule has 146 valence electrons.